The number of aromatic nitrogens is 6. The summed E-state index contributed by atoms with van der Waals surface area (Å²) in [5, 5.41) is 12.1. The molecule has 11 heteroatoms. The molecule has 3 rings (SSSR count). The van der Waals surface area contributed by atoms with Crippen molar-refractivity contribution in [1.29, 1.82) is 0 Å². The van der Waals surface area contributed by atoms with Gasteiger partial charge in [-0.3, -0.25) is 18.7 Å². The summed E-state index contributed by atoms with van der Waals surface area (Å²) in [7, 11) is 1.34. The third-order valence-corrected chi connectivity index (χ3v) is 6.00. The average molecular weight is 458 g/mol. The molecule has 0 aliphatic rings. The van der Waals surface area contributed by atoms with Gasteiger partial charge in [0.25, 0.3) is 5.56 Å². The largest absolute Gasteiger partial charge is 0.384 e. The van der Waals surface area contributed by atoms with E-state index in [4.69, 9.17) is 5.73 Å². The van der Waals surface area contributed by atoms with Crippen LogP contribution in [0.2, 0.25) is 0 Å². The molecule has 3 aromatic rings. The second kappa shape index (κ2) is 10.4. The maximum Gasteiger partial charge on any atom is 0.332 e. The summed E-state index contributed by atoms with van der Waals surface area (Å²) in [6.07, 6.45) is 3.91. The maximum absolute atomic E-state index is 12.9. The normalized spacial score (nSPS) is 11.1. The van der Waals surface area contributed by atoms with Crippen molar-refractivity contribution in [2.45, 2.75) is 51.2 Å². The smallest absolute Gasteiger partial charge is 0.332 e. The monoisotopic (exact) mass is 457 g/mol. The van der Waals surface area contributed by atoms with Gasteiger partial charge in [0.2, 0.25) is 5.16 Å². The molecule has 2 aromatic heterocycles. The summed E-state index contributed by atoms with van der Waals surface area (Å²) in [6.45, 7) is 4.35. The van der Waals surface area contributed by atoms with Crippen LogP contribution >= 0.6 is 11.8 Å². The molecule has 2 heterocycles. The molecule has 0 fully saturated rings. The van der Waals surface area contributed by atoms with Gasteiger partial charge in [-0.25, -0.2) is 4.79 Å². The van der Waals surface area contributed by atoms with Crippen LogP contribution in [-0.4, -0.2) is 40.9 Å². The number of unbranched alkanes of at least 4 members (excludes halogenated alkanes) is 1. The number of anilines is 1. The number of hydrogen-bond donors (Lipinski definition) is 1. The van der Waals surface area contributed by atoms with Crippen molar-refractivity contribution >= 4 is 23.4 Å². The number of benzene rings is 1. The molecule has 0 bridgehead atoms. The average Bonchev–Trinajstić information content (AvgIpc) is 3.27. The van der Waals surface area contributed by atoms with Crippen LogP contribution in [0.3, 0.4) is 0 Å². The number of nitrogens with zero attached hydrogens (tertiary/aromatic N) is 6. The lowest BCUT2D eigenvalue weighted by molar-refractivity contribution is 0.102. The number of aryl methyl sites for hydroxylation is 1. The number of tetrazole rings is 1. The first-order valence-corrected chi connectivity index (χ1v) is 11.5. The lowest BCUT2D eigenvalue weighted by Gasteiger charge is -2.13. The zero-order valence-electron chi connectivity index (χ0n) is 18.4. The molecule has 1 aromatic carbocycles. The van der Waals surface area contributed by atoms with Crippen molar-refractivity contribution in [3.05, 3.63) is 56.2 Å². The predicted octanol–water partition coefficient (Wildman–Crippen LogP) is 1.83. The number of carbonyl (C=O) groups is 1. The van der Waals surface area contributed by atoms with Crippen LogP contribution in [0.15, 0.2) is 39.0 Å². The van der Waals surface area contributed by atoms with Crippen molar-refractivity contribution in [3.63, 3.8) is 0 Å². The van der Waals surface area contributed by atoms with Crippen molar-refractivity contribution < 1.29 is 4.79 Å². The molecule has 0 radical (unpaired) electrons. The second-order valence-electron chi connectivity index (χ2n) is 7.41. The van der Waals surface area contributed by atoms with Gasteiger partial charge in [-0.15, -0.1) is 5.10 Å². The maximum atomic E-state index is 12.9. The van der Waals surface area contributed by atoms with E-state index in [1.807, 2.05) is 31.2 Å². The molecular weight excluding hydrogens is 430 g/mol. The fraction of sp³-hybridized carbons (Fsp3) is 0.429. The van der Waals surface area contributed by atoms with E-state index in [0.29, 0.717) is 18.1 Å². The van der Waals surface area contributed by atoms with Crippen LogP contribution in [0, 0.1) is 0 Å². The first-order valence-electron chi connectivity index (χ1n) is 10.5. The Kier molecular flexibility index (Phi) is 7.62. The van der Waals surface area contributed by atoms with E-state index < -0.39 is 17.0 Å². The van der Waals surface area contributed by atoms with Gasteiger partial charge in [-0.05, 0) is 47.4 Å². The molecule has 2 N–H and O–H groups in total. The first kappa shape index (κ1) is 23.5. The Hall–Kier alpha value is -3.21. The van der Waals surface area contributed by atoms with E-state index in [1.54, 1.807) is 4.68 Å². The third kappa shape index (κ3) is 4.82. The molecule has 10 nitrogen and oxygen atoms in total. The van der Waals surface area contributed by atoms with Crippen molar-refractivity contribution in [3.8, 4) is 5.69 Å². The molecule has 0 spiro atoms. The van der Waals surface area contributed by atoms with Crippen LogP contribution in [-0.2, 0) is 20.0 Å². The molecule has 0 atom stereocenters. The van der Waals surface area contributed by atoms with Gasteiger partial charge < -0.3 is 5.73 Å². The Morgan fingerprint density at radius 2 is 1.84 bits per heavy atom. The van der Waals surface area contributed by atoms with Gasteiger partial charge in [0.1, 0.15) is 11.4 Å². The highest BCUT2D eigenvalue weighted by molar-refractivity contribution is 7.99. The van der Waals surface area contributed by atoms with Crippen LogP contribution < -0.4 is 17.0 Å². The van der Waals surface area contributed by atoms with Gasteiger partial charge in [-0.2, -0.15) is 4.68 Å². The van der Waals surface area contributed by atoms with E-state index in [9.17, 15) is 14.4 Å². The minimum Gasteiger partial charge on any atom is -0.384 e. The highest BCUT2D eigenvalue weighted by atomic mass is 32.2. The molecule has 0 unspecified atom stereocenters. The summed E-state index contributed by atoms with van der Waals surface area (Å²) in [5.74, 6) is -0.686. The van der Waals surface area contributed by atoms with Crippen LogP contribution in [0.25, 0.3) is 5.69 Å². The quantitative estimate of drug-likeness (QED) is 0.360. The number of Topliss-reactive ketones (excluding diaryl/α,β-unsaturated/α-hetero) is 1. The molecule has 0 aliphatic heterocycles. The molecule has 0 saturated heterocycles. The Morgan fingerprint density at radius 1 is 1.12 bits per heavy atom. The Bertz CT molecular complexity index is 1210. The van der Waals surface area contributed by atoms with E-state index in [0.717, 1.165) is 41.3 Å². The van der Waals surface area contributed by atoms with Crippen LogP contribution in [0.1, 0.15) is 49.0 Å². The number of rotatable bonds is 10. The van der Waals surface area contributed by atoms with Gasteiger partial charge >= 0.3 is 5.69 Å². The first-order chi connectivity index (χ1) is 15.4. The van der Waals surface area contributed by atoms with E-state index in [2.05, 4.69) is 22.4 Å². The summed E-state index contributed by atoms with van der Waals surface area (Å²) in [6, 6.07) is 7.94. The Morgan fingerprint density at radius 3 is 2.50 bits per heavy atom. The third-order valence-electron chi connectivity index (χ3n) is 5.08. The number of thioether (sulfide) groups is 1. The fourth-order valence-electron chi connectivity index (χ4n) is 3.30. The van der Waals surface area contributed by atoms with E-state index >= 15 is 0 Å². The lowest BCUT2D eigenvalue weighted by Crippen LogP contribution is -2.42. The fourth-order valence-corrected chi connectivity index (χ4v) is 4.07. The van der Waals surface area contributed by atoms with Gasteiger partial charge in [0.05, 0.1) is 11.4 Å². The summed E-state index contributed by atoms with van der Waals surface area (Å²) in [5.41, 5.74) is 6.62. The van der Waals surface area contributed by atoms with Crippen molar-refractivity contribution in [2.75, 3.05) is 11.5 Å². The van der Waals surface area contributed by atoms with Crippen LogP contribution in [0.4, 0.5) is 5.82 Å². The predicted molar refractivity (Wildman–Crippen MR) is 123 cm³/mol. The molecule has 170 valence electrons. The summed E-state index contributed by atoms with van der Waals surface area (Å²) < 4.78 is 3.71. The van der Waals surface area contributed by atoms with Gasteiger partial charge in [0.15, 0.2) is 5.78 Å². The highest BCUT2D eigenvalue weighted by Crippen LogP contribution is 2.20. The van der Waals surface area contributed by atoms with Crippen molar-refractivity contribution in [1.82, 2.24) is 29.3 Å². The second-order valence-corrected chi connectivity index (χ2v) is 8.36. The molecule has 0 saturated carbocycles. The molecule has 0 aliphatic carbocycles. The minimum atomic E-state index is -0.701. The number of nitrogen functional groups attached to an aromatic ring is 1. The highest BCUT2D eigenvalue weighted by Gasteiger charge is 2.22. The SMILES string of the molecule is CCCCc1ccc(-n2nnnc2SCC(=O)c2c(N)n(CCC)c(=O)n(C)c2=O)cc1. The standard InChI is InChI=1S/C21H27N7O3S/c1-4-6-7-14-8-10-15(11-9-14)28-20(23-24-25-28)32-13-16(29)17-18(22)27(12-5-2)21(31)26(3)19(17)30/h8-11H,4-7,12-13,22H2,1-3H3. The Balaban J connectivity index is 1.81. The minimum absolute atomic E-state index is 0.0985. The molecule has 0 amide bonds. The van der Waals surface area contributed by atoms with Crippen molar-refractivity contribution in [2.24, 2.45) is 7.05 Å². The van der Waals surface area contributed by atoms with E-state index in [-0.39, 0.29) is 17.1 Å². The number of ketones is 1. The van der Waals surface area contributed by atoms with Crippen LogP contribution in [0.5, 0.6) is 0 Å². The molecular formula is C21H27N7O3S. The summed E-state index contributed by atoms with van der Waals surface area (Å²) >= 11 is 1.10. The zero-order valence-corrected chi connectivity index (χ0v) is 19.3. The lowest BCUT2D eigenvalue weighted by atomic mass is 10.1. The van der Waals surface area contributed by atoms with E-state index in [1.165, 1.54) is 17.2 Å². The number of hydrogen-bond acceptors (Lipinski definition) is 8. The summed E-state index contributed by atoms with van der Waals surface area (Å²) in [4.78, 5) is 37.7. The topological polar surface area (TPSA) is 131 Å². The number of carbonyl (C=O) groups excluding carboxylic acids is 1. The Labute approximate surface area is 189 Å². The zero-order chi connectivity index (χ0) is 23.3. The number of nitrogens with two attached hydrogens (primary N) is 1. The molecule has 32 heavy (non-hydrogen) atoms. The van der Waals surface area contributed by atoms with Gasteiger partial charge in [-0.1, -0.05) is 44.2 Å². The van der Waals surface area contributed by atoms with Gasteiger partial charge in [0, 0.05) is 13.6 Å².